The quantitative estimate of drug-likeness (QED) is 0.622. The molecule has 0 unspecified atom stereocenters. The topological polar surface area (TPSA) is 9.23 Å². The lowest BCUT2D eigenvalue weighted by Gasteiger charge is -2.18. The number of benzene rings is 3. The van der Waals surface area contributed by atoms with Gasteiger partial charge in [-0.1, -0.05) is 60.7 Å². The van der Waals surface area contributed by atoms with Crippen molar-refractivity contribution in [3.63, 3.8) is 0 Å². The van der Waals surface area contributed by atoms with Crippen LogP contribution in [0.2, 0.25) is 0 Å². The lowest BCUT2D eigenvalue weighted by Crippen LogP contribution is -2.08. The Kier molecular flexibility index (Phi) is 2.23. The zero-order chi connectivity index (χ0) is 13.8. The summed E-state index contributed by atoms with van der Waals surface area (Å²) in [6.07, 6.45) is 0. The van der Waals surface area contributed by atoms with E-state index in [1.165, 1.54) is 21.9 Å². The van der Waals surface area contributed by atoms with Crippen LogP contribution in [0.25, 0.3) is 10.8 Å². The number of hydrogen-bond donors (Lipinski definition) is 0. The molecule has 1 fully saturated rings. The average molecular weight is 272 g/mol. The molecule has 1 heterocycles. The molecule has 3 atom stereocenters. The van der Waals surface area contributed by atoms with Gasteiger partial charge >= 0.3 is 0 Å². The van der Waals surface area contributed by atoms with Crippen LogP contribution in [0.4, 0.5) is 0 Å². The summed E-state index contributed by atoms with van der Waals surface area (Å²) in [5, 5.41) is 2.68. The Labute approximate surface area is 124 Å². The molecule has 1 saturated carbocycles. The second kappa shape index (κ2) is 4.11. The zero-order valence-corrected chi connectivity index (χ0v) is 11.7. The largest absolute Gasteiger partial charge is 0.493 e. The Morgan fingerprint density at radius 1 is 0.762 bits per heavy atom. The first-order chi connectivity index (χ1) is 10.4. The normalized spacial score (nSPS) is 25.8. The van der Waals surface area contributed by atoms with Crippen LogP contribution in [0.5, 0.6) is 5.75 Å². The van der Waals surface area contributed by atoms with E-state index >= 15 is 0 Å². The molecule has 0 bridgehead atoms. The van der Waals surface area contributed by atoms with Crippen LogP contribution < -0.4 is 4.74 Å². The zero-order valence-electron chi connectivity index (χ0n) is 11.7. The minimum absolute atomic E-state index is 0.623. The van der Waals surface area contributed by atoms with Gasteiger partial charge in [0.2, 0.25) is 0 Å². The van der Waals surface area contributed by atoms with Gasteiger partial charge in [-0.15, -0.1) is 0 Å². The predicted octanol–water partition coefficient (Wildman–Crippen LogP) is 4.73. The van der Waals surface area contributed by atoms with E-state index in [-0.39, 0.29) is 0 Å². The molecule has 102 valence electrons. The van der Waals surface area contributed by atoms with Gasteiger partial charge in [0.25, 0.3) is 0 Å². The highest BCUT2D eigenvalue weighted by Gasteiger charge is 2.55. The Morgan fingerprint density at radius 2 is 1.57 bits per heavy atom. The maximum atomic E-state index is 6.04. The van der Waals surface area contributed by atoms with Crippen molar-refractivity contribution in [2.24, 2.45) is 5.92 Å². The van der Waals surface area contributed by atoms with Gasteiger partial charge in [0, 0.05) is 17.4 Å². The fourth-order valence-corrected chi connectivity index (χ4v) is 4.04. The molecule has 3 aromatic carbocycles. The molecule has 1 aliphatic heterocycles. The molecule has 21 heavy (non-hydrogen) atoms. The molecule has 0 radical (unpaired) electrons. The highest BCUT2D eigenvalue weighted by molar-refractivity contribution is 5.89. The van der Waals surface area contributed by atoms with Gasteiger partial charge in [0.1, 0.15) is 5.75 Å². The van der Waals surface area contributed by atoms with E-state index in [9.17, 15) is 0 Å². The van der Waals surface area contributed by atoms with Crippen molar-refractivity contribution in [3.8, 4) is 5.75 Å². The van der Waals surface area contributed by atoms with E-state index in [1.54, 1.807) is 0 Å². The fraction of sp³-hybridized carbons (Fsp3) is 0.200. The second-order valence-corrected chi connectivity index (χ2v) is 6.14. The summed E-state index contributed by atoms with van der Waals surface area (Å²) in [5.41, 5.74) is 2.88. The highest BCUT2D eigenvalue weighted by Crippen LogP contribution is 2.65. The monoisotopic (exact) mass is 272 g/mol. The molecule has 1 nitrogen and oxygen atoms in total. The Hall–Kier alpha value is -2.28. The van der Waals surface area contributed by atoms with Crippen LogP contribution >= 0.6 is 0 Å². The third kappa shape index (κ3) is 1.58. The number of ether oxygens (including phenoxy) is 1. The Morgan fingerprint density at radius 3 is 2.48 bits per heavy atom. The first kappa shape index (κ1) is 11.4. The molecule has 5 rings (SSSR count). The first-order valence-corrected chi connectivity index (χ1v) is 7.63. The summed E-state index contributed by atoms with van der Waals surface area (Å²) in [4.78, 5) is 0. The maximum absolute atomic E-state index is 6.04. The number of fused-ring (bicyclic) bond motifs is 5. The van der Waals surface area contributed by atoms with Crippen LogP contribution in [0, 0.1) is 5.92 Å². The summed E-state index contributed by atoms with van der Waals surface area (Å²) in [7, 11) is 0. The van der Waals surface area contributed by atoms with Gasteiger partial charge in [-0.2, -0.15) is 0 Å². The number of rotatable bonds is 1. The van der Waals surface area contributed by atoms with Crippen LogP contribution in [0.15, 0.2) is 66.7 Å². The van der Waals surface area contributed by atoms with Crippen molar-refractivity contribution >= 4 is 10.8 Å². The molecular formula is C20H16O. The minimum atomic E-state index is 0.623. The third-order valence-electron chi connectivity index (χ3n) is 5.05. The predicted molar refractivity (Wildman–Crippen MR) is 84.9 cm³/mol. The van der Waals surface area contributed by atoms with Gasteiger partial charge in [0.05, 0.1) is 6.61 Å². The van der Waals surface area contributed by atoms with Crippen molar-refractivity contribution in [1.82, 2.24) is 0 Å². The van der Waals surface area contributed by atoms with Gasteiger partial charge in [-0.3, -0.25) is 0 Å². The Bertz CT molecular complexity index is 822. The van der Waals surface area contributed by atoms with E-state index in [2.05, 4.69) is 66.7 Å². The smallest absolute Gasteiger partial charge is 0.123 e. The van der Waals surface area contributed by atoms with Gasteiger partial charge < -0.3 is 4.74 Å². The molecule has 0 aromatic heterocycles. The van der Waals surface area contributed by atoms with Crippen molar-refractivity contribution < 1.29 is 4.74 Å². The van der Waals surface area contributed by atoms with Crippen LogP contribution in [0.1, 0.15) is 23.0 Å². The van der Waals surface area contributed by atoms with Gasteiger partial charge in [-0.25, -0.2) is 0 Å². The molecule has 0 saturated heterocycles. The minimum Gasteiger partial charge on any atom is -0.493 e. The summed E-state index contributed by atoms with van der Waals surface area (Å²) < 4.78 is 6.04. The van der Waals surface area contributed by atoms with Crippen LogP contribution in [0.3, 0.4) is 0 Å². The molecular weight excluding hydrogens is 256 g/mol. The lowest BCUT2D eigenvalue weighted by atomic mass is 9.96. The van der Waals surface area contributed by atoms with Crippen molar-refractivity contribution in [2.45, 2.75) is 11.8 Å². The average Bonchev–Trinajstić information content (AvgIpc) is 3.30. The Balaban J connectivity index is 1.68. The molecule has 1 heteroatoms. The van der Waals surface area contributed by atoms with Gasteiger partial charge in [0.15, 0.2) is 0 Å². The van der Waals surface area contributed by atoms with Gasteiger partial charge in [-0.05, 0) is 28.3 Å². The SMILES string of the molecule is c1ccc([C@H]2[C@@H]3COc4ccc5ccccc5c4[C@@H]32)cc1. The molecule has 3 aromatic rings. The third-order valence-corrected chi connectivity index (χ3v) is 5.05. The maximum Gasteiger partial charge on any atom is 0.123 e. The molecule has 0 N–H and O–H groups in total. The van der Waals surface area contributed by atoms with E-state index in [0.29, 0.717) is 17.8 Å². The van der Waals surface area contributed by atoms with Crippen molar-refractivity contribution in [2.75, 3.05) is 6.61 Å². The van der Waals surface area contributed by atoms with Crippen LogP contribution in [-0.4, -0.2) is 6.61 Å². The number of hydrogen-bond acceptors (Lipinski definition) is 1. The molecule has 0 spiro atoms. The summed E-state index contributed by atoms with van der Waals surface area (Å²) in [5.74, 6) is 2.99. The standard InChI is InChI=1S/C20H16O/c1-2-7-14(8-3-1)18-16-12-21-17-11-10-13-6-4-5-9-15(13)19(17)20(16)18/h1-11,16,18,20H,12H2/t16-,18-,20-/m0/s1. The summed E-state index contributed by atoms with van der Waals surface area (Å²) in [6, 6.07) is 23.9. The van der Waals surface area contributed by atoms with E-state index in [1.807, 2.05) is 0 Å². The molecule has 0 amide bonds. The van der Waals surface area contributed by atoms with Crippen molar-refractivity contribution in [3.05, 3.63) is 77.9 Å². The molecule has 2 aliphatic rings. The van der Waals surface area contributed by atoms with Crippen LogP contribution in [-0.2, 0) is 0 Å². The van der Waals surface area contributed by atoms with E-state index < -0.39 is 0 Å². The highest BCUT2D eigenvalue weighted by atomic mass is 16.5. The molecule has 1 aliphatic carbocycles. The van der Waals surface area contributed by atoms with E-state index in [4.69, 9.17) is 4.74 Å². The van der Waals surface area contributed by atoms with Crippen molar-refractivity contribution in [1.29, 1.82) is 0 Å². The lowest BCUT2D eigenvalue weighted by molar-refractivity contribution is 0.278. The second-order valence-electron chi connectivity index (χ2n) is 6.14. The fourth-order valence-electron chi connectivity index (χ4n) is 4.04. The first-order valence-electron chi connectivity index (χ1n) is 7.63. The summed E-state index contributed by atoms with van der Waals surface area (Å²) >= 11 is 0. The van der Waals surface area contributed by atoms with E-state index in [0.717, 1.165) is 12.4 Å². The summed E-state index contributed by atoms with van der Waals surface area (Å²) in [6.45, 7) is 0.857.